The van der Waals surface area contributed by atoms with E-state index in [1.54, 1.807) is 17.2 Å². The SMILES string of the molecule is CCc1ccccc1N(C(C)=O)c1nc(COC(=O)c2c(-c3ccccc3)noc2C)cs1. The zero-order valence-corrected chi connectivity index (χ0v) is 19.4. The van der Waals surface area contributed by atoms with Gasteiger partial charge in [0.2, 0.25) is 5.91 Å². The summed E-state index contributed by atoms with van der Waals surface area (Å²) in [6.45, 7) is 5.19. The van der Waals surface area contributed by atoms with Crippen LogP contribution in [-0.2, 0) is 22.6 Å². The number of hydrogen-bond acceptors (Lipinski definition) is 7. The molecule has 0 fully saturated rings. The van der Waals surface area contributed by atoms with Crippen LogP contribution < -0.4 is 4.90 Å². The second-order valence-corrected chi connectivity index (χ2v) is 8.20. The van der Waals surface area contributed by atoms with Crippen LogP contribution in [-0.4, -0.2) is 22.0 Å². The van der Waals surface area contributed by atoms with Crippen molar-refractivity contribution in [2.75, 3.05) is 4.90 Å². The van der Waals surface area contributed by atoms with Gasteiger partial charge in [0.05, 0.1) is 11.4 Å². The number of ether oxygens (including phenoxy) is 1. The first kappa shape index (κ1) is 22.4. The highest BCUT2D eigenvalue weighted by atomic mass is 32.1. The molecule has 0 N–H and O–H groups in total. The summed E-state index contributed by atoms with van der Waals surface area (Å²) in [4.78, 5) is 31.4. The maximum Gasteiger partial charge on any atom is 0.344 e. The molecule has 0 saturated carbocycles. The molecule has 168 valence electrons. The average Bonchev–Trinajstić information content (AvgIpc) is 3.45. The number of aryl methyl sites for hydroxylation is 2. The summed E-state index contributed by atoms with van der Waals surface area (Å²) in [5.74, 6) is -0.292. The molecule has 0 unspecified atom stereocenters. The summed E-state index contributed by atoms with van der Waals surface area (Å²) in [5.41, 5.74) is 3.91. The minimum Gasteiger partial charge on any atom is -0.455 e. The average molecular weight is 462 g/mol. The molecular formula is C25H23N3O4S. The van der Waals surface area contributed by atoms with Crippen LogP contribution in [0.1, 0.15) is 41.2 Å². The van der Waals surface area contributed by atoms with Gasteiger partial charge in [-0.25, -0.2) is 9.78 Å². The molecule has 2 aromatic heterocycles. The van der Waals surface area contributed by atoms with E-state index in [0.717, 1.165) is 23.2 Å². The third-order valence-electron chi connectivity index (χ3n) is 5.12. The maximum atomic E-state index is 12.8. The molecule has 0 aliphatic rings. The second-order valence-electron chi connectivity index (χ2n) is 7.36. The fourth-order valence-electron chi connectivity index (χ4n) is 3.52. The number of thiazole rings is 1. The van der Waals surface area contributed by atoms with Crippen molar-refractivity contribution >= 4 is 34.0 Å². The number of carbonyl (C=O) groups is 2. The van der Waals surface area contributed by atoms with Gasteiger partial charge >= 0.3 is 5.97 Å². The molecule has 0 radical (unpaired) electrons. The van der Waals surface area contributed by atoms with Crippen molar-refractivity contribution in [1.82, 2.24) is 10.1 Å². The topological polar surface area (TPSA) is 85.5 Å². The van der Waals surface area contributed by atoms with Crippen LogP contribution in [0.3, 0.4) is 0 Å². The zero-order chi connectivity index (χ0) is 23.4. The first-order valence-corrected chi connectivity index (χ1v) is 11.4. The second kappa shape index (κ2) is 9.79. The quantitative estimate of drug-likeness (QED) is 0.328. The molecule has 1 amide bonds. The van der Waals surface area contributed by atoms with Gasteiger partial charge in [0.25, 0.3) is 0 Å². The van der Waals surface area contributed by atoms with Gasteiger partial charge in [0, 0.05) is 17.9 Å². The first-order valence-electron chi connectivity index (χ1n) is 10.5. The monoisotopic (exact) mass is 461 g/mol. The highest BCUT2D eigenvalue weighted by molar-refractivity contribution is 7.14. The number of benzene rings is 2. The molecule has 0 bridgehead atoms. The molecule has 8 heteroatoms. The molecule has 33 heavy (non-hydrogen) atoms. The molecule has 0 aliphatic heterocycles. The van der Waals surface area contributed by atoms with Crippen LogP contribution >= 0.6 is 11.3 Å². The van der Waals surface area contributed by atoms with E-state index in [0.29, 0.717) is 27.8 Å². The zero-order valence-electron chi connectivity index (χ0n) is 18.6. The predicted octanol–water partition coefficient (Wildman–Crippen LogP) is 5.71. The molecule has 0 aliphatic carbocycles. The summed E-state index contributed by atoms with van der Waals surface area (Å²) in [5, 5.41) is 6.34. The van der Waals surface area contributed by atoms with Crippen molar-refractivity contribution in [3.05, 3.63) is 82.6 Å². The highest BCUT2D eigenvalue weighted by Crippen LogP contribution is 2.32. The number of esters is 1. The predicted molar refractivity (Wildman–Crippen MR) is 127 cm³/mol. The van der Waals surface area contributed by atoms with E-state index in [2.05, 4.69) is 10.1 Å². The van der Waals surface area contributed by atoms with Crippen molar-refractivity contribution in [2.24, 2.45) is 0 Å². The van der Waals surface area contributed by atoms with E-state index < -0.39 is 5.97 Å². The van der Waals surface area contributed by atoms with Crippen LogP contribution in [0.25, 0.3) is 11.3 Å². The molecular weight excluding hydrogens is 438 g/mol. The Kier molecular flexibility index (Phi) is 6.65. The van der Waals surface area contributed by atoms with Gasteiger partial charge in [0.1, 0.15) is 23.6 Å². The Morgan fingerprint density at radius 2 is 1.82 bits per heavy atom. The minimum atomic E-state index is -0.540. The number of carbonyl (C=O) groups excluding carboxylic acids is 2. The van der Waals surface area contributed by atoms with Gasteiger partial charge in [-0.15, -0.1) is 11.3 Å². The summed E-state index contributed by atoms with van der Waals surface area (Å²) in [6.07, 6.45) is 0.789. The summed E-state index contributed by atoms with van der Waals surface area (Å²) >= 11 is 1.32. The fourth-order valence-corrected chi connectivity index (χ4v) is 4.38. The smallest absolute Gasteiger partial charge is 0.344 e. The van der Waals surface area contributed by atoms with Gasteiger partial charge in [-0.1, -0.05) is 60.6 Å². The molecule has 4 rings (SSSR count). The summed E-state index contributed by atoms with van der Waals surface area (Å²) in [6, 6.07) is 17.1. The van der Waals surface area contributed by atoms with Crippen molar-refractivity contribution in [1.29, 1.82) is 0 Å². The maximum absolute atomic E-state index is 12.8. The Morgan fingerprint density at radius 3 is 2.55 bits per heavy atom. The van der Waals surface area contributed by atoms with Crippen LogP contribution in [0.15, 0.2) is 64.5 Å². The third-order valence-corrected chi connectivity index (χ3v) is 6.00. The molecule has 2 aromatic carbocycles. The van der Waals surface area contributed by atoms with Gasteiger partial charge in [-0.3, -0.25) is 9.69 Å². The number of hydrogen-bond donors (Lipinski definition) is 0. The number of para-hydroxylation sites is 1. The first-order chi connectivity index (χ1) is 16.0. The van der Waals surface area contributed by atoms with Gasteiger partial charge in [-0.2, -0.15) is 0 Å². The van der Waals surface area contributed by atoms with Gasteiger partial charge < -0.3 is 9.26 Å². The normalized spacial score (nSPS) is 10.8. The molecule has 0 saturated heterocycles. The Bertz CT molecular complexity index is 1280. The lowest BCUT2D eigenvalue weighted by Crippen LogP contribution is -2.23. The standard InChI is InChI=1S/C25H23N3O4S/c1-4-18-10-8-9-13-21(18)28(17(3)29)25-26-20(15-33-25)14-31-24(30)22-16(2)32-27-23(22)19-11-6-5-7-12-19/h5-13,15H,4,14H2,1-3H3. The number of aromatic nitrogens is 2. The van der Waals surface area contributed by atoms with E-state index in [1.165, 1.54) is 18.3 Å². The van der Waals surface area contributed by atoms with E-state index in [4.69, 9.17) is 9.26 Å². The molecule has 0 atom stereocenters. The largest absolute Gasteiger partial charge is 0.455 e. The lowest BCUT2D eigenvalue weighted by atomic mass is 10.1. The van der Waals surface area contributed by atoms with Crippen molar-refractivity contribution in [3.63, 3.8) is 0 Å². The molecule has 7 nitrogen and oxygen atoms in total. The lowest BCUT2D eigenvalue weighted by molar-refractivity contribution is -0.115. The van der Waals surface area contributed by atoms with Gasteiger partial charge in [0.15, 0.2) is 5.13 Å². The van der Waals surface area contributed by atoms with Crippen LogP contribution in [0.5, 0.6) is 0 Å². The summed E-state index contributed by atoms with van der Waals surface area (Å²) in [7, 11) is 0. The molecule has 2 heterocycles. The van der Waals surface area contributed by atoms with E-state index >= 15 is 0 Å². The van der Waals surface area contributed by atoms with Crippen molar-refractivity contribution < 1.29 is 18.8 Å². The van der Waals surface area contributed by atoms with E-state index in [-0.39, 0.29) is 12.5 Å². The Labute approximate surface area is 195 Å². The van der Waals surface area contributed by atoms with E-state index in [1.807, 2.05) is 61.5 Å². The van der Waals surface area contributed by atoms with Gasteiger partial charge in [-0.05, 0) is 25.0 Å². The number of nitrogens with zero attached hydrogens (tertiary/aromatic N) is 3. The van der Waals surface area contributed by atoms with Crippen LogP contribution in [0.2, 0.25) is 0 Å². The number of rotatable bonds is 7. The Balaban J connectivity index is 1.53. The summed E-state index contributed by atoms with van der Waals surface area (Å²) < 4.78 is 10.8. The van der Waals surface area contributed by atoms with Crippen molar-refractivity contribution in [3.8, 4) is 11.3 Å². The Hall–Kier alpha value is -3.78. The molecule has 4 aromatic rings. The molecule has 0 spiro atoms. The van der Waals surface area contributed by atoms with Crippen LogP contribution in [0.4, 0.5) is 10.8 Å². The lowest BCUT2D eigenvalue weighted by Gasteiger charge is -2.20. The number of amides is 1. The van der Waals surface area contributed by atoms with E-state index in [9.17, 15) is 9.59 Å². The minimum absolute atomic E-state index is 0.0324. The fraction of sp³-hybridized carbons (Fsp3) is 0.200. The number of anilines is 2. The highest BCUT2D eigenvalue weighted by Gasteiger charge is 2.24. The third kappa shape index (κ3) is 4.70. The Morgan fingerprint density at radius 1 is 1.09 bits per heavy atom. The van der Waals surface area contributed by atoms with Crippen LogP contribution in [0, 0.1) is 6.92 Å². The van der Waals surface area contributed by atoms with Crippen molar-refractivity contribution in [2.45, 2.75) is 33.8 Å².